The minimum Gasteiger partial charge on any atom is -0.377 e. The molecule has 2 atom stereocenters. The highest BCUT2D eigenvalue weighted by Crippen LogP contribution is 2.48. The molecule has 0 fully saturated rings. The highest BCUT2D eigenvalue weighted by atomic mass is 16.3. The first-order valence-corrected chi connectivity index (χ1v) is 14.8. The molecule has 2 aliphatic rings. The smallest absolute Gasteiger partial charge is 0.134 e. The van der Waals surface area contributed by atoms with E-state index in [1.165, 1.54) is 38.4 Å². The van der Waals surface area contributed by atoms with Gasteiger partial charge >= 0.3 is 0 Å². The van der Waals surface area contributed by atoms with E-state index in [1.54, 1.807) is 0 Å². The fraction of sp³-hybridized carbons (Fsp3) is 0.282. The molecule has 1 heteroatoms. The fourth-order valence-corrected chi connectivity index (χ4v) is 7.70. The Morgan fingerprint density at radius 3 is 1.70 bits per heavy atom. The van der Waals surface area contributed by atoms with Crippen molar-refractivity contribution in [3.63, 3.8) is 0 Å². The van der Waals surface area contributed by atoms with Gasteiger partial charge in [0.15, 0.2) is 0 Å². The lowest BCUT2D eigenvalue weighted by molar-refractivity contribution is 0.132. The van der Waals surface area contributed by atoms with Gasteiger partial charge in [-0.25, -0.2) is 0 Å². The van der Waals surface area contributed by atoms with Crippen LogP contribution < -0.4 is 0 Å². The molecule has 0 aliphatic heterocycles. The Balaban J connectivity index is 1.56. The van der Waals surface area contributed by atoms with Gasteiger partial charge in [-0.1, -0.05) is 137 Å². The van der Waals surface area contributed by atoms with E-state index < -0.39 is 5.60 Å². The molecule has 40 heavy (non-hydrogen) atoms. The molecule has 5 aromatic carbocycles. The van der Waals surface area contributed by atoms with Crippen LogP contribution in [0.25, 0.3) is 21.5 Å². The highest BCUT2D eigenvalue weighted by molar-refractivity contribution is 5.92. The summed E-state index contributed by atoms with van der Waals surface area (Å²) in [7, 11) is 0. The minimum atomic E-state index is -1.21. The van der Waals surface area contributed by atoms with Crippen molar-refractivity contribution in [2.75, 3.05) is 0 Å². The molecule has 0 aromatic heterocycles. The summed E-state index contributed by atoms with van der Waals surface area (Å²) in [5.41, 5.74) is 6.02. The summed E-state index contributed by atoms with van der Waals surface area (Å²) in [4.78, 5) is 0. The molecule has 0 amide bonds. The van der Waals surface area contributed by atoms with Crippen LogP contribution in [0, 0.1) is 0 Å². The van der Waals surface area contributed by atoms with E-state index in [2.05, 4.69) is 137 Å². The Hall–Kier alpha value is -3.68. The second-order valence-corrected chi connectivity index (χ2v) is 13.3. The first kappa shape index (κ1) is 25.3. The van der Waals surface area contributed by atoms with Gasteiger partial charge in [0.05, 0.1) is 0 Å². The van der Waals surface area contributed by atoms with Crippen molar-refractivity contribution >= 4 is 21.5 Å². The molecule has 1 N–H and O–H groups in total. The van der Waals surface area contributed by atoms with E-state index in [0.29, 0.717) is 0 Å². The third-order valence-corrected chi connectivity index (χ3v) is 9.93. The van der Waals surface area contributed by atoms with Crippen molar-refractivity contribution < 1.29 is 5.11 Å². The largest absolute Gasteiger partial charge is 0.377 e. The topological polar surface area (TPSA) is 20.2 Å². The Labute approximate surface area is 238 Å². The highest BCUT2D eigenvalue weighted by Gasteiger charge is 2.39. The van der Waals surface area contributed by atoms with E-state index in [4.69, 9.17) is 0 Å². The van der Waals surface area contributed by atoms with Gasteiger partial charge in [0.1, 0.15) is 5.60 Å². The molecule has 0 heterocycles. The lowest BCUT2D eigenvalue weighted by atomic mass is 9.71. The number of benzene rings is 5. The van der Waals surface area contributed by atoms with Gasteiger partial charge in [-0.3, -0.25) is 0 Å². The zero-order valence-electron chi connectivity index (χ0n) is 24.0. The Kier molecular flexibility index (Phi) is 5.64. The van der Waals surface area contributed by atoms with Gasteiger partial charge in [-0.05, 0) is 84.7 Å². The molecule has 0 saturated carbocycles. The summed E-state index contributed by atoms with van der Waals surface area (Å²) < 4.78 is 0. The van der Waals surface area contributed by atoms with Crippen molar-refractivity contribution in [2.24, 2.45) is 0 Å². The molecule has 2 aliphatic carbocycles. The number of aliphatic hydroxyl groups is 1. The van der Waals surface area contributed by atoms with E-state index in [0.717, 1.165) is 35.8 Å². The van der Waals surface area contributed by atoms with Crippen LogP contribution in [0.3, 0.4) is 0 Å². The number of hydrogen-bond donors (Lipinski definition) is 1. The van der Waals surface area contributed by atoms with Crippen molar-refractivity contribution in [1.82, 2.24) is 0 Å². The molecule has 6 bridgehead atoms. The van der Waals surface area contributed by atoms with Crippen LogP contribution in [0.2, 0.25) is 0 Å². The zero-order chi connectivity index (χ0) is 27.7. The van der Waals surface area contributed by atoms with Crippen LogP contribution in [0.15, 0.2) is 109 Å². The molecule has 0 spiro atoms. The van der Waals surface area contributed by atoms with E-state index in [9.17, 15) is 5.11 Å². The monoisotopic (exact) mass is 522 g/mol. The van der Waals surface area contributed by atoms with Crippen LogP contribution in [-0.2, 0) is 16.4 Å². The number of hydrogen-bond acceptors (Lipinski definition) is 1. The third kappa shape index (κ3) is 3.71. The summed E-state index contributed by atoms with van der Waals surface area (Å²) in [6.07, 6.45) is 7.66. The standard InChI is InChI=1S/C39H38O/c1-37(2)23-11-24-38(3,4)34-20-21-36(32-16-8-7-15-31(32)34)39(40)25-22-28(30-14-9-10-17-35(30)39)27-18-19-33(37)29-13-6-5-12-26(27)29/h5-10,12-22,25,28,40H,11,23-24H2,1-4H3/t28-,39+/m1/s1. The minimum absolute atomic E-state index is 0.00210. The molecular weight excluding hydrogens is 484 g/mol. The van der Waals surface area contributed by atoms with Crippen molar-refractivity contribution in [3.8, 4) is 0 Å². The average molecular weight is 523 g/mol. The van der Waals surface area contributed by atoms with Crippen LogP contribution in [-0.4, -0.2) is 5.11 Å². The van der Waals surface area contributed by atoms with Crippen molar-refractivity contribution in [1.29, 1.82) is 0 Å². The molecule has 1 nitrogen and oxygen atoms in total. The second-order valence-electron chi connectivity index (χ2n) is 13.3. The summed E-state index contributed by atoms with van der Waals surface area (Å²) in [5.74, 6) is 0.0682. The van der Waals surface area contributed by atoms with Crippen LogP contribution in [0.1, 0.15) is 86.3 Å². The molecule has 5 aromatic rings. The molecule has 7 rings (SSSR count). The predicted octanol–water partition coefficient (Wildman–Crippen LogP) is 9.67. The normalized spacial score (nSPS) is 23.0. The van der Waals surface area contributed by atoms with Crippen molar-refractivity contribution in [2.45, 2.75) is 69.3 Å². The van der Waals surface area contributed by atoms with Gasteiger partial charge in [0, 0.05) is 5.92 Å². The van der Waals surface area contributed by atoms with Gasteiger partial charge in [-0.15, -0.1) is 0 Å². The second kappa shape index (κ2) is 8.91. The summed E-state index contributed by atoms with van der Waals surface area (Å²) in [6, 6.07) is 35.3. The maximum Gasteiger partial charge on any atom is 0.134 e. The maximum atomic E-state index is 12.6. The number of rotatable bonds is 0. The molecule has 0 unspecified atom stereocenters. The Morgan fingerprint density at radius 1 is 0.525 bits per heavy atom. The van der Waals surface area contributed by atoms with E-state index in [-0.39, 0.29) is 16.7 Å². The summed E-state index contributed by atoms with van der Waals surface area (Å²) in [6.45, 7) is 9.59. The first-order chi connectivity index (χ1) is 19.2. The molecular formula is C39H38O. The molecule has 0 saturated heterocycles. The van der Waals surface area contributed by atoms with Gasteiger partial charge < -0.3 is 5.11 Å². The first-order valence-electron chi connectivity index (χ1n) is 14.8. The van der Waals surface area contributed by atoms with Crippen LogP contribution in [0.5, 0.6) is 0 Å². The average Bonchev–Trinajstić information content (AvgIpc) is 2.96. The maximum absolute atomic E-state index is 12.6. The Bertz CT molecular complexity index is 1800. The third-order valence-electron chi connectivity index (χ3n) is 9.93. The molecule has 200 valence electrons. The lowest BCUT2D eigenvalue weighted by Crippen LogP contribution is -2.30. The van der Waals surface area contributed by atoms with Crippen molar-refractivity contribution in [3.05, 3.63) is 143 Å². The van der Waals surface area contributed by atoms with Gasteiger partial charge in [0.25, 0.3) is 0 Å². The lowest BCUT2D eigenvalue weighted by Gasteiger charge is -2.36. The SMILES string of the molecule is CC1(C)CCCC(C)(C)c2ccc(c3ccccc23)[C@]2(O)C=C[C@@H](c3ccccc32)c2ccc1c1ccccc21. The Morgan fingerprint density at radius 2 is 1.02 bits per heavy atom. The fourth-order valence-electron chi connectivity index (χ4n) is 7.70. The van der Waals surface area contributed by atoms with Crippen LogP contribution in [0.4, 0.5) is 0 Å². The van der Waals surface area contributed by atoms with Gasteiger partial charge in [-0.2, -0.15) is 0 Å². The quantitative estimate of drug-likeness (QED) is 0.201. The summed E-state index contributed by atoms with van der Waals surface area (Å²) in [5, 5.41) is 17.6. The van der Waals surface area contributed by atoms with Gasteiger partial charge in [0.2, 0.25) is 0 Å². The number of fused-ring (bicyclic) bond motifs is 19. The van der Waals surface area contributed by atoms with E-state index in [1.807, 2.05) is 0 Å². The van der Waals surface area contributed by atoms with E-state index >= 15 is 0 Å². The predicted molar refractivity (Wildman–Crippen MR) is 168 cm³/mol. The van der Waals surface area contributed by atoms with Crippen LogP contribution >= 0.6 is 0 Å². The number of allylic oxidation sites excluding steroid dienone is 1. The summed E-state index contributed by atoms with van der Waals surface area (Å²) >= 11 is 0. The zero-order valence-corrected chi connectivity index (χ0v) is 24.0. The molecule has 0 radical (unpaired) electrons.